The Labute approximate surface area is 76.7 Å². The van der Waals surface area contributed by atoms with Gasteiger partial charge >= 0.3 is 0 Å². The highest BCUT2D eigenvalue weighted by atomic mass is 16.5. The molecular weight excluding hydrogens is 168 g/mol. The quantitative estimate of drug-likeness (QED) is 0.753. The lowest BCUT2D eigenvalue weighted by Crippen LogP contribution is -2.12. The second-order valence-corrected chi connectivity index (χ2v) is 2.92. The predicted octanol–water partition coefficient (Wildman–Crippen LogP) is 0.968. The molecular formula is C9H12N2O2. The number of carbonyl (C=O) groups excluding carboxylic acids is 1. The average molecular weight is 180 g/mol. The Morgan fingerprint density at radius 3 is 2.62 bits per heavy atom. The van der Waals surface area contributed by atoms with E-state index in [0.29, 0.717) is 11.4 Å². The van der Waals surface area contributed by atoms with Gasteiger partial charge in [-0.1, -0.05) is 0 Å². The van der Waals surface area contributed by atoms with Crippen LogP contribution in [0.2, 0.25) is 0 Å². The van der Waals surface area contributed by atoms with Crippen molar-refractivity contribution in [2.24, 2.45) is 5.73 Å². The number of rotatable bonds is 3. The van der Waals surface area contributed by atoms with E-state index in [0.717, 1.165) is 0 Å². The second-order valence-electron chi connectivity index (χ2n) is 2.92. The molecule has 0 spiro atoms. The molecule has 0 radical (unpaired) electrons. The molecule has 0 fully saturated rings. The van der Waals surface area contributed by atoms with Gasteiger partial charge in [-0.25, -0.2) is 4.98 Å². The van der Waals surface area contributed by atoms with E-state index in [1.165, 1.54) is 6.20 Å². The third-order valence-corrected chi connectivity index (χ3v) is 1.38. The van der Waals surface area contributed by atoms with Crippen molar-refractivity contribution < 1.29 is 9.53 Å². The van der Waals surface area contributed by atoms with Crippen LogP contribution in [0.4, 0.5) is 0 Å². The molecule has 0 bridgehead atoms. The van der Waals surface area contributed by atoms with Crippen LogP contribution < -0.4 is 10.5 Å². The maximum absolute atomic E-state index is 10.7. The third-order valence-electron chi connectivity index (χ3n) is 1.38. The number of carbonyl (C=O) groups is 1. The molecule has 2 N–H and O–H groups in total. The van der Waals surface area contributed by atoms with Crippen LogP contribution in [0.25, 0.3) is 0 Å². The molecule has 1 amide bonds. The monoisotopic (exact) mass is 180 g/mol. The van der Waals surface area contributed by atoms with E-state index in [-0.39, 0.29) is 6.10 Å². The minimum atomic E-state index is -0.483. The van der Waals surface area contributed by atoms with E-state index in [1.807, 2.05) is 13.8 Å². The molecule has 0 atom stereocenters. The van der Waals surface area contributed by atoms with E-state index in [4.69, 9.17) is 10.5 Å². The van der Waals surface area contributed by atoms with Gasteiger partial charge < -0.3 is 10.5 Å². The third kappa shape index (κ3) is 2.74. The summed E-state index contributed by atoms with van der Waals surface area (Å²) in [5.41, 5.74) is 5.43. The zero-order valence-electron chi connectivity index (χ0n) is 7.65. The molecule has 4 nitrogen and oxygen atoms in total. The first-order valence-electron chi connectivity index (χ1n) is 4.02. The summed E-state index contributed by atoms with van der Waals surface area (Å²) < 4.78 is 5.29. The van der Waals surface area contributed by atoms with Crippen LogP contribution >= 0.6 is 0 Å². The first-order chi connectivity index (χ1) is 6.09. The molecule has 0 aliphatic carbocycles. The van der Waals surface area contributed by atoms with Gasteiger partial charge in [0.05, 0.1) is 11.7 Å². The molecule has 70 valence electrons. The summed E-state index contributed by atoms with van der Waals surface area (Å²) in [5, 5.41) is 0. The molecule has 0 unspecified atom stereocenters. The van der Waals surface area contributed by atoms with Gasteiger partial charge in [0.15, 0.2) is 0 Å². The molecule has 0 aliphatic heterocycles. The summed E-state index contributed by atoms with van der Waals surface area (Å²) in [6, 6.07) is 3.22. The van der Waals surface area contributed by atoms with Crippen LogP contribution in [0, 0.1) is 0 Å². The first-order valence-corrected chi connectivity index (χ1v) is 4.02. The fourth-order valence-electron chi connectivity index (χ4n) is 0.837. The fourth-order valence-corrected chi connectivity index (χ4v) is 0.837. The summed E-state index contributed by atoms with van der Waals surface area (Å²) >= 11 is 0. The van der Waals surface area contributed by atoms with Gasteiger partial charge in [-0.2, -0.15) is 0 Å². The second kappa shape index (κ2) is 3.89. The van der Waals surface area contributed by atoms with Gasteiger partial charge in [0.25, 0.3) is 0 Å². The van der Waals surface area contributed by atoms with Gasteiger partial charge in [0.1, 0.15) is 0 Å². The van der Waals surface area contributed by atoms with Gasteiger partial charge in [-0.05, 0) is 19.9 Å². The normalized spacial score (nSPS) is 10.1. The van der Waals surface area contributed by atoms with Crippen LogP contribution in [-0.4, -0.2) is 17.0 Å². The molecule has 4 heteroatoms. The van der Waals surface area contributed by atoms with Crippen molar-refractivity contribution in [3.63, 3.8) is 0 Å². The highest BCUT2D eigenvalue weighted by Crippen LogP contribution is 2.08. The Balaban J connectivity index is 2.75. The SMILES string of the molecule is CC(C)Oc1ccc(C(N)=O)cn1. The lowest BCUT2D eigenvalue weighted by atomic mass is 10.3. The molecule has 1 aromatic heterocycles. The van der Waals surface area contributed by atoms with Crippen LogP contribution in [0.5, 0.6) is 5.88 Å². The first kappa shape index (κ1) is 9.51. The number of hydrogen-bond donors (Lipinski definition) is 1. The van der Waals surface area contributed by atoms with Gasteiger partial charge in [0.2, 0.25) is 11.8 Å². The standard InChI is InChI=1S/C9H12N2O2/c1-6(2)13-8-4-3-7(5-11-8)9(10)12/h3-6H,1-2H3,(H2,10,12). The maximum Gasteiger partial charge on any atom is 0.250 e. The molecule has 1 aromatic rings. The molecule has 0 aliphatic rings. The van der Waals surface area contributed by atoms with Crippen LogP contribution in [0.15, 0.2) is 18.3 Å². The number of aromatic nitrogens is 1. The molecule has 0 saturated carbocycles. The average Bonchev–Trinajstić information content (AvgIpc) is 2.04. The number of pyridine rings is 1. The number of hydrogen-bond acceptors (Lipinski definition) is 3. The van der Waals surface area contributed by atoms with E-state index >= 15 is 0 Å². The van der Waals surface area contributed by atoms with Crippen molar-refractivity contribution >= 4 is 5.91 Å². The van der Waals surface area contributed by atoms with Crippen molar-refractivity contribution in [1.82, 2.24) is 4.98 Å². The van der Waals surface area contributed by atoms with Crippen LogP contribution in [-0.2, 0) is 0 Å². The van der Waals surface area contributed by atoms with Crippen molar-refractivity contribution in [2.45, 2.75) is 20.0 Å². The smallest absolute Gasteiger partial charge is 0.250 e. The lowest BCUT2D eigenvalue weighted by Gasteiger charge is -2.07. The maximum atomic E-state index is 10.7. The number of ether oxygens (including phenoxy) is 1. The topological polar surface area (TPSA) is 65.2 Å². The fraction of sp³-hybridized carbons (Fsp3) is 0.333. The number of nitrogens with zero attached hydrogens (tertiary/aromatic N) is 1. The number of amides is 1. The Morgan fingerprint density at radius 1 is 1.54 bits per heavy atom. The van der Waals surface area contributed by atoms with Crippen molar-refractivity contribution in [3.8, 4) is 5.88 Å². The summed E-state index contributed by atoms with van der Waals surface area (Å²) in [6.45, 7) is 3.81. The van der Waals surface area contributed by atoms with Crippen molar-refractivity contribution in [3.05, 3.63) is 23.9 Å². The zero-order chi connectivity index (χ0) is 9.84. The summed E-state index contributed by atoms with van der Waals surface area (Å²) in [7, 11) is 0. The van der Waals surface area contributed by atoms with E-state index in [1.54, 1.807) is 12.1 Å². The molecule has 1 rings (SSSR count). The molecule has 0 saturated heterocycles. The predicted molar refractivity (Wildman–Crippen MR) is 48.5 cm³/mol. The minimum Gasteiger partial charge on any atom is -0.475 e. The molecule has 1 heterocycles. The van der Waals surface area contributed by atoms with E-state index in [2.05, 4.69) is 4.98 Å². The largest absolute Gasteiger partial charge is 0.475 e. The Bertz CT molecular complexity index is 293. The van der Waals surface area contributed by atoms with Gasteiger partial charge in [-0.15, -0.1) is 0 Å². The number of nitrogens with two attached hydrogens (primary N) is 1. The Morgan fingerprint density at radius 2 is 2.23 bits per heavy atom. The van der Waals surface area contributed by atoms with E-state index < -0.39 is 5.91 Å². The van der Waals surface area contributed by atoms with Crippen LogP contribution in [0.1, 0.15) is 24.2 Å². The highest BCUT2D eigenvalue weighted by Gasteiger charge is 2.02. The van der Waals surface area contributed by atoms with Gasteiger partial charge in [-0.3, -0.25) is 4.79 Å². The molecule has 13 heavy (non-hydrogen) atoms. The summed E-state index contributed by atoms with van der Waals surface area (Å²) in [6.07, 6.45) is 1.48. The van der Waals surface area contributed by atoms with Crippen LogP contribution in [0.3, 0.4) is 0 Å². The molecule has 0 aromatic carbocycles. The van der Waals surface area contributed by atoms with Gasteiger partial charge in [0, 0.05) is 12.3 Å². The van der Waals surface area contributed by atoms with Crippen molar-refractivity contribution in [2.75, 3.05) is 0 Å². The summed E-state index contributed by atoms with van der Waals surface area (Å²) in [4.78, 5) is 14.6. The highest BCUT2D eigenvalue weighted by molar-refractivity contribution is 5.92. The Hall–Kier alpha value is -1.58. The number of primary amides is 1. The van der Waals surface area contributed by atoms with Crippen molar-refractivity contribution in [1.29, 1.82) is 0 Å². The van der Waals surface area contributed by atoms with E-state index in [9.17, 15) is 4.79 Å². The zero-order valence-corrected chi connectivity index (χ0v) is 7.65. The summed E-state index contributed by atoms with van der Waals surface area (Å²) in [5.74, 6) is 0.0172. The minimum absolute atomic E-state index is 0.0759. The lowest BCUT2D eigenvalue weighted by molar-refractivity contribution is 0.1000. The Kier molecular flexibility index (Phi) is 2.84.